The van der Waals surface area contributed by atoms with Crippen molar-refractivity contribution in [3.05, 3.63) is 48.2 Å². The Kier molecular flexibility index (Phi) is 3.97. The van der Waals surface area contributed by atoms with E-state index in [4.69, 9.17) is 5.11 Å². The van der Waals surface area contributed by atoms with Gasteiger partial charge in [-0.1, -0.05) is 30.3 Å². The standard InChI is InChI=1S/C14H14N2O3/c17-13(18)8-9-15-14(19)12-7-6-11(16-12)10-4-2-1-3-5-10/h1-7,16H,8-9H2,(H,15,19)(H,17,18). The summed E-state index contributed by atoms with van der Waals surface area (Å²) >= 11 is 0. The van der Waals surface area contributed by atoms with Crippen LogP contribution in [0.1, 0.15) is 16.9 Å². The maximum Gasteiger partial charge on any atom is 0.305 e. The molecular formula is C14H14N2O3. The molecule has 98 valence electrons. The maximum absolute atomic E-state index is 11.7. The predicted octanol–water partition coefficient (Wildman–Crippen LogP) is 1.89. The van der Waals surface area contributed by atoms with Crippen molar-refractivity contribution in [2.45, 2.75) is 6.42 Å². The summed E-state index contributed by atoms with van der Waals surface area (Å²) in [5, 5.41) is 11.0. The number of nitrogens with one attached hydrogen (secondary N) is 2. The summed E-state index contributed by atoms with van der Waals surface area (Å²) < 4.78 is 0. The number of carboxylic acid groups (broad SMARTS) is 1. The molecule has 2 aromatic rings. The van der Waals surface area contributed by atoms with Gasteiger partial charge in [0.1, 0.15) is 5.69 Å². The SMILES string of the molecule is O=C(O)CCNC(=O)c1ccc(-c2ccccc2)[nH]1. The first-order valence-corrected chi connectivity index (χ1v) is 5.91. The highest BCUT2D eigenvalue weighted by Crippen LogP contribution is 2.17. The second-order valence-corrected chi connectivity index (χ2v) is 4.05. The normalized spacial score (nSPS) is 10.1. The van der Waals surface area contributed by atoms with Gasteiger partial charge in [-0.15, -0.1) is 0 Å². The van der Waals surface area contributed by atoms with Crippen LogP contribution in [0.3, 0.4) is 0 Å². The first-order valence-electron chi connectivity index (χ1n) is 5.91. The first-order chi connectivity index (χ1) is 9.16. The molecule has 0 fully saturated rings. The molecule has 0 radical (unpaired) electrons. The highest BCUT2D eigenvalue weighted by Gasteiger charge is 2.09. The summed E-state index contributed by atoms with van der Waals surface area (Å²) in [6.45, 7) is 0.119. The molecule has 0 spiro atoms. The number of rotatable bonds is 5. The number of hydrogen-bond acceptors (Lipinski definition) is 2. The third kappa shape index (κ3) is 3.45. The molecule has 1 heterocycles. The predicted molar refractivity (Wildman–Crippen MR) is 70.8 cm³/mol. The van der Waals surface area contributed by atoms with E-state index in [1.54, 1.807) is 6.07 Å². The van der Waals surface area contributed by atoms with Crippen LogP contribution in [0, 0.1) is 0 Å². The van der Waals surface area contributed by atoms with Crippen molar-refractivity contribution in [3.63, 3.8) is 0 Å². The van der Waals surface area contributed by atoms with Crippen LogP contribution in [0.4, 0.5) is 0 Å². The largest absolute Gasteiger partial charge is 0.481 e. The van der Waals surface area contributed by atoms with E-state index >= 15 is 0 Å². The summed E-state index contributed by atoms with van der Waals surface area (Å²) in [5.41, 5.74) is 2.26. The Bertz CT molecular complexity index is 575. The van der Waals surface area contributed by atoms with Gasteiger partial charge in [-0.05, 0) is 17.7 Å². The Morgan fingerprint density at radius 2 is 1.84 bits per heavy atom. The van der Waals surface area contributed by atoms with E-state index in [1.165, 1.54) is 0 Å². The van der Waals surface area contributed by atoms with Crippen LogP contribution in [0.25, 0.3) is 11.3 Å². The van der Waals surface area contributed by atoms with Gasteiger partial charge in [-0.2, -0.15) is 0 Å². The topological polar surface area (TPSA) is 82.2 Å². The summed E-state index contributed by atoms with van der Waals surface area (Å²) in [6, 6.07) is 13.1. The number of aliphatic carboxylic acids is 1. The summed E-state index contributed by atoms with van der Waals surface area (Å²) in [5.74, 6) is -1.24. The quantitative estimate of drug-likeness (QED) is 0.765. The Labute approximate surface area is 110 Å². The minimum absolute atomic E-state index is 0.0853. The molecule has 1 aromatic heterocycles. The van der Waals surface area contributed by atoms with E-state index in [9.17, 15) is 9.59 Å². The number of amides is 1. The van der Waals surface area contributed by atoms with Crippen LogP contribution in [-0.4, -0.2) is 28.5 Å². The molecule has 5 nitrogen and oxygen atoms in total. The Balaban J connectivity index is 2.01. The molecular weight excluding hydrogens is 244 g/mol. The van der Waals surface area contributed by atoms with Gasteiger partial charge in [0.2, 0.25) is 0 Å². The van der Waals surface area contributed by atoms with E-state index in [0.29, 0.717) is 5.69 Å². The average Bonchev–Trinajstić information content (AvgIpc) is 2.89. The molecule has 5 heteroatoms. The molecule has 19 heavy (non-hydrogen) atoms. The summed E-state index contributed by atoms with van der Waals surface area (Å²) in [4.78, 5) is 25.1. The molecule has 0 saturated heterocycles. The van der Waals surface area contributed by atoms with Crippen LogP contribution in [0.5, 0.6) is 0 Å². The van der Waals surface area contributed by atoms with Crippen molar-refractivity contribution in [1.82, 2.24) is 10.3 Å². The highest BCUT2D eigenvalue weighted by atomic mass is 16.4. The van der Waals surface area contributed by atoms with Gasteiger partial charge in [0.25, 0.3) is 5.91 Å². The van der Waals surface area contributed by atoms with Crippen molar-refractivity contribution in [3.8, 4) is 11.3 Å². The van der Waals surface area contributed by atoms with Gasteiger partial charge in [0.05, 0.1) is 6.42 Å². The van der Waals surface area contributed by atoms with Crippen molar-refractivity contribution < 1.29 is 14.7 Å². The number of aromatic nitrogens is 1. The molecule has 0 unspecified atom stereocenters. The smallest absolute Gasteiger partial charge is 0.305 e. The van der Waals surface area contributed by atoms with E-state index in [2.05, 4.69) is 10.3 Å². The molecule has 3 N–H and O–H groups in total. The van der Waals surface area contributed by atoms with E-state index in [1.807, 2.05) is 36.4 Å². The van der Waals surface area contributed by atoms with E-state index in [-0.39, 0.29) is 18.9 Å². The third-order valence-corrected chi connectivity index (χ3v) is 2.64. The van der Waals surface area contributed by atoms with E-state index in [0.717, 1.165) is 11.3 Å². The van der Waals surface area contributed by atoms with Crippen LogP contribution in [0.2, 0.25) is 0 Å². The zero-order valence-corrected chi connectivity index (χ0v) is 10.2. The lowest BCUT2D eigenvalue weighted by Crippen LogP contribution is -2.26. The monoisotopic (exact) mass is 258 g/mol. The second kappa shape index (κ2) is 5.86. The number of H-pyrrole nitrogens is 1. The fraction of sp³-hybridized carbons (Fsp3) is 0.143. The molecule has 0 bridgehead atoms. The van der Waals surface area contributed by atoms with Crippen LogP contribution < -0.4 is 5.32 Å². The fourth-order valence-electron chi connectivity index (χ4n) is 1.69. The van der Waals surface area contributed by atoms with Crippen molar-refractivity contribution in [2.75, 3.05) is 6.54 Å². The molecule has 0 aliphatic heterocycles. The molecule has 1 amide bonds. The Hall–Kier alpha value is -2.56. The number of carboxylic acids is 1. The zero-order valence-electron chi connectivity index (χ0n) is 10.2. The molecule has 0 aliphatic carbocycles. The lowest BCUT2D eigenvalue weighted by atomic mass is 10.2. The highest BCUT2D eigenvalue weighted by molar-refractivity contribution is 5.93. The first kappa shape index (κ1) is 12.9. The minimum atomic E-state index is -0.934. The van der Waals surface area contributed by atoms with Crippen molar-refractivity contribution >= 4 is 11.9 Å². The summed E-state index contributed by atoms with van der Waals surface area (Å²) in [7, 11) is 0. The van der Waals surface area contributed by atoms with Gasteiger partial charge in [-0.3, -0.25) is 9.59 Å². The van der Waals surface area contributed by atoms with Gasteiger partial charge in [0, 0.05) is 12.2 Å². The molecule has 2 rings (SSSR count). The molecule has 0 atom stereocenters. The van der Waals surface area contributed by atoms with Crippen molar-refractivity contribution in [2.24, 2.45) is 0 Å². The van der Waals surface area contributed by atoms with Crippen LogP contribution >= 0.6 is 0 Å². The maximum atomic E-state index is 11.7. The van der Waals surface area contributed by atoms with Gasteiger partial charge < -0.3 is 15.4 Å². The number of carbonyl (C=O) groups is 2. The number of hydrogen-bond donors (Lipinski definition) is 3. The second-order valence-electron chi connectivity index (χ2n) is 4.05. The molecule has 1 aromatic carbocycles. The minimum Gasteiger partial charge on any atom is -0.481 e. The number of carbonyl (C=O) groups excluding carboxylic acids is 1. The number of aromatic amines is 1. The molecule has 0 aliphatic rings. The third-order valence-electron chi connectivity index (χ3n) is 2.64. The fourth-order valence-corrected chi connectivity index (χ4v) is 1.69. The zero-order chi connectivity index (χ0) is 13.7. The Morgan fingerprint density at radius 3 is 2.53 bits per heavy atom. The number of benzene rings is 1. The average molecular weight is 258 g/mol. The van der Waals surface area contributed by atoms with Gasteiger partial charge in [-0.25, -0.2) is 0 Å². The van der Waals surface area contributed by atoms with Gasteiger partial charge in [0.15, 0.2) is 0 Å². The van der Waals surface area contributed by atoms with Crippen molar-refractivity contribution in [1.29, 1.82) is 0 Å². The Morgan fingerprint density at radius 1 is 1.11 bits per heavy atom. The van der Waals surface area contributed by atoms with Crippen LogP contribution in [-0.2, 0) is 4.79 Å². The lowest BCUT2D eigenvalue weighted by Gasteiger charge is -2.01. The van der Waals surface area contributed by atoms with E-state index < -0.39 is 5.97 Å². The molecule has 0 saturated carbocycles. The van der Waals surface area contributed by atoms with Crippen LogP contribution in [0.15, 0.2) is 42.5 Å². The van der Waals surface area contributed by atoms with Gasteiger partial charge >= 0.3 is 5.97 Å². The lowest BCUT2D eigenvalue weighted by molar-refractivity contribution is -0.136. The summed E-state index contributed by atoms with van der Waals surface area (Å²) in [6.07, 6.45) is -0.0853.